The zero-order valence-electron chi connectivity index (χ0n) is 14.2. The van der Waals surface area contributed by atoms with Gasteiger partial charge in [0.2, 0.25) is 0 Å². The van der Waals surface area contributed by atoms with Gasteiger partial charge in [0.15, 0.2) is 18.1 Å². The number of aromatic nitrogens is 1. The lowest BCUT2D eigenvalue weighted by Crippen LogP contribution is -2.19. The van der Waals surface area contributed by atoms with Gasteiger partial charge in [-0.05, 0) is 23.8 Å². The van der Waals surface area contributed by atoms with Crippen LogP contribution in [0.3, 0.4) is 0 Å². The van der Waals surface area contributed by atoms with Crippen molar-refractivity contribution in [2.45, 2.75) is 12.8 Å². The predicted molar refractivity (Wildman–Crippen MR) is 96.0 cm³/mol. The number of rotatable bonds is 6. The van der Waals surface area contributed by atoms with Gasteiger partial charge in [0.25, 0.3) is 0 Å². The van der Waals surface area contributed by atoms with E-state index in [1.807, 2.05) is 18.2 Å². The van der Waals surface area contributed by atoms with Crippen LogP contribution in [-0.4, -0.2) is 28.8 Å². The fourth-order valence-corrected chi connectivity index (χ4v) is 2.64. The van der Waals surface area contributed by atoms with E-state index in [0.29, 0.717) is 5.39 Å². The molecule has 0 unspecified atom stereocenters. The second-order valence-electron chi connectivity index (χ2n) is 5.79. The average Bonchev–Trinajstić information content (AvgIpc) is 2.64. The van der Waals surface area contributed by atoms with Gasteiger partial charge in [-0.3, -0.25) is 0 Å². The predicted octanol–water partition coefficient (Wildman–Crippen LogP) is 5.11. The molecule has 0 saturated heterocycles. The van der Waals surface area contributed by atoms with Gasteiger partial charge < -0.3 is 14.6 Å². The lowest BCUT2D eigenvalue weighted by Gasteiger charge is -2.13. The molecule has 3 rings (SSSR count). The number of ether oxygens (including phenoxy) is 2. The van der Waals surface area contributed by atoms with Crippen molar-refractivity contribution < 1.29 is 32.5 Å². The molecule has 3 aromatic rings. The molecule has 1 N–H and O–H groups in total. The van der Waals surface area contributed by atoms with E-state index in [1.165, 1.54) is 18.2 Å². The van der Waals surface area contributed by atoms with Crippen LogP contribution in [0, 0.1) is 0 Å². The summed E-state index contributed by atoms with van der Waals surface area (Å²) in [5, 5.41) is 9.61. The summed E-state index contributed by atoms with van der Waals surface area (Å²) in [4.78, 5) is 15.5. The van der Waals surface area contributed by atoms with E-state index in [0.717, 1.165) is 5.56 Å². The molecule has 9 heteroatoms. The van der Waals surface area contributed by atoms with Gasteiger partial charge in [-0.2, -0.15) is 13.2 Å². The number of hydrogen-bond donors (Lipinski definition) is 1. The van der Waals surface area contributed by atoms with E-state index in [1.54, 1.807) is 12.1 Å². The Labute approximate surface area is 162 Å². The maximum Gasteiger partial charge on any atom is 0.422 e. The van der Waals surface area contributed by atoms with E-state index in [4.69, 9.17) is 21.1 Å². The van der Waals surface area contributed by atoms with Gasteiger partial charge in [-0.1, -0.05) is 41.9 Å². The average molecular weight is 412 g/mol. The van der Waals surface area contributed by atoms with Gasteiger partial charge in [0.05, 0.1) is 10.5 Å². The number of carboxylic acid groups (broad SMARTS) is 1. The van der Waals surface area contributed by atoms with Gasteiger partial charge in [0, 0.05) is 5.39 Å². The summed E-state index contributed by atoms with van der Waals surface area (Å²) < 4.78 is 47.5. The molecule has 0 spiro atoms. The minimum Gasteiger partial charge on any atom is -0.486 e. The molecule has 0 fully saturated rings. The third-order valence-electron chi connectivity index (χ3n) is 3.66. The molecule has 0 atom stereocenters. The Bertz CT molecular complexity index is 1010. The molecule has 1 aromatic heterocycles. The number of carbonyl (C=O) groups is 1. The Hall–Kier alpha value is -3.00. The number of alkyl halides is 3. The third kappa shape index (κ3) is 4.83. The molecule has 0 aliphatic carbocycles. The largest absolute Gasteiger partial charge is 0.486 e. The molecule has 0 saturated carbocycles. The lowest BCUT2D eigenvalue weighted by atomic mass is 10.1. The van der Waals surface area contributed by atoms with Crippen LogP contribution in [0.15, 0.2) is 48.5 Å². The van der Waals surface area contributed by atoms with Gasteiger partial charge in [-0.25, -0.2) is 9.78 Å². The number of nitrogens with zero attached hydrogens (tertiary/aromatic N) is 1. The summed E-state index contributed by atoms with van der Waals surface area (Å²) in [5.74, 6) is -1.52. The molecular formula is C19H13ClF3NO4. The van der Waals surface area contributed by atoms with Crippen LogP contribution < -0.4 is 9.47 Å². The maximum atomic E-state index is 12.4. The van der Waals surface area contributed by atoms with E-state index in [-0.39, 0.29) is 34.3 Å². The molecule has 5 nitrogen and oxygen atoms in total. The van der Waals surface area contributed by atoms with Crippen LogP contribution in [0.5, 0.6) is 11.5 Å². The van der Waals surface area contributed by atoms with Crippen LogP contribution in [0.25, 0.3) is 10.9 Å². The maximum absolute atomic E-state index is 12.4. The first-order valence-corrected chi connectivity index (χ1v) is 8.34. The van der Waals surface area contributed by atoms with Crippen LogP contribution in [0.2, 0.25) is 5.02 Å². The topological polar surface area (TPSA) is 68.7 Å². The number of fused-ring (bicyclic) bond motifs is 1. The van der Waals surface area contributed by atoms with Gasteiger partial charge in [-0.15, -0.1) is 0 Å². The number of hydrogen-bond acceptors (Lipinski definition) is 4. The van der Waals surface area contributed by atoms with Crippen LogP contribution >= 0.6 is 11.6 Å². The summed E-state index contributed by atoms with van der Waals surface area (Å²) in [6, 6.07) is 12.9. The summed E-state index contributed by atoms with van der Waals surface area (Å²) in [6.45, 7) is -1.41. The Morgan fingerprint density at radius 1 is 1.07 bits per heavy atom. The highest BCUT2D eigenvalue weighted by atomic mass is 35.5. The molecule has 0 aliphatic rings. The zero-order chi connectivity index (χ0) is 20.3. The van der Waals surface area contributed by atoms with Crippen LogP contribution in [0.4, 0.5) is 13.2 Å². The molecule has 0 radical (unpaired) electrons. The van der Waals surface area contributed by atoms with Gasteiger partial charge in [0.1, 0.15) is 12.4 Å². The first-order valence-electron chi connectivity index (χ1n) is 7.97. The molecule has 0 bridgehead atoms. The fraction of sp³-hybridized carbons (Fsp3) is 0.158. The molecular weight excluding hydrogens is 399 g/mol. The van der Waals surface area contributed by atoms with Crippen molar-refractivity contribution in [2.24, 2.45) is 0 Å². The smallest absolute Gasteiger partial charge is 0.422 e. The van der Waals surface area contributed by atoms with Crippen molar-refractivity contribution in [3.8, 4) is 11.5 Å². The zero-order valence-corrected chi connectivity index (χ0v) is 14.9. The van der Waals surface area contributed by atoms with E-state index in [9.17, 15) is 23.1 Å². The lowest BCUT2D eigenvalue weighted by molar-refractivity contribution is -0.153. The number of halogens is 4. The van der Waals surface area contributed by atoms with Crippen molar-refractivity contribution in [3.05, 3.63) is 64.8 Å². The van der Waals surface area contributed by atoms with E-state index < -0.39 is 18.8 Å². The molecule has 28 heavy (non-hydrogen) atoms. The first-order chi connectivity index (χ1) is 13.2. The highest BCUT2D eigenvalue weighted by molar-refractivity contribution is 6.32. The third-order valence-corrected chi connectivity index (χ3v) is 3.96. The van der Waals surface area contributed by atoms with Crippen molar-refractivity contribution in [3.63, 3.8) is 0 Å². The number of pyridine rings is 1. The summed E-state index contributed by atoms with van der Waals surface area (Å²) in [7, 11) is 0. The van der Waals surface area contributed by atoms with E-state index >= 15 is 0 Å². The molecule has 1 heterocycles. The van der Waals surface area contributed by atoms with Crippen molar-refractivity contribution in [1.82, 2.24) is 4.98 Å². The molecule has 2 aromatic carbocycles. The summed E-state index contributed by atoms with van der Waals surface area (Å²) in [5.41, 5.74) is 0.668. The normalized spacial score (nSPS) is 11.4. The Kier molecular flexibility index (Phi) is 5.60. The monoisotopic (exact) mass is 411 g/mol. The standard InChI is InChI=1S/C19H13ClF3NO4/c20-13-8-14-12(6-15(13)28-10-19(21,22)23)7-16(17(24-14)18(25)26)27-9-11-4-2-1-3-5-11/h1-8H,9-10H2,(H,25,26). The Morgan fingerprint density at radius 2 is 1.75 bits per heavy atom. The summed E-state index contributed by atoms with van der Waals surface area (Å²) >= 11 is 5.93. The second-order valence-corrected chi connectivity index (χ2v) is 6.20. The highest BCUT2D eigenvalue weighted by Crippen LogP contribution is 2.33. The highest BCUT2D eigenvalue weighted by Gasteiger charge is 2.29. The quantitative estimate of drug-likeness (QED) is 0.610. The molecule has 0 amide bonds. The number of aromatic carboxylic acids is 1. The SMILES string of the molecule is O=C(O)c1nc2cc(Cl)c(OCC(F)(F)F)cc2cc1OCc1ccccc1. The van der Waals surface area contributed by atoms with Crippen molar-refractivity contribution >= 4 is 28.5 Å². The minimum absolute atomic E-state index is 0.0204. The minimum atomic E-state index is -4.52. The van der Waals surface area contributed by atoms with Gasteiger partial charge >= 0.3 is 12.1 Å². The summed E-state index contributed by atoms with van der Waals surface area (Å²) in [6.07, 6.45) is -4.52. The fourth-order valence-electron chi connectivity index (χ4n) is 2.42. The molecule has 146 valence electrons. The Morgan fingerprint density at radius 3 is 2.39 bits per heavy atom. The molecule has 0 aliphatic heterocycles. The van der Waals surface area contributed by atoms with Crippen molar-refractivity contribution in [2.75, 3.05) is 6.61 Å². The second kappa shape index (κ2) is 7.93. The van der Waals surface area contributed by atoms with E-state index in [2.05, 4.69) is 4.98 Å². The van der Waals surface area contributed by atoms with Crippen molar-refractivity contribution in [1.29, 1.82) is 0 Å². The number of carboxylic acids is 1. The first kappa shape index (κ1) is 19.8. The van der Waals surface area contributed by atoms with Crippen LogP contribution in [0.1, 0.15) is 16.1 Å². The van der Waals surface area contributed by atoms with Crippen LogP contribution in [-0.2, 0) is 6.61 Å². The number of benzene rings is 2. The Balaban J connectivity index is 1.95.